The van der Waals surface area contributed by atoms with E-state index in [0.29, 0.717) is 12.0 Å². The van der Waals surface area contributed by atoms with Gasteiger partial charge in [0.25, 0.3) is 0 Å². The Hall–Kier alpha value is -0.900. The van der Waals surface area contributed by atoms with E-state index < -0.39 is 0 Å². The summed E-state index contributed by atoms with van der Waals surface area (Å²) in [6, 6.07) is 9.60. The first-order valence-corrected chi connectivity index (χ1v) is 7.87. The lowest BCUT2D eigenvalue weighted by Crippen LogP contribution is -2.51. The lowest BCUT2D eigenvalue weighted by molar-refractivity contribution is 0.185. The van der Waals surface area contributed by atoms with Crippen molar-refractivity contribution >= 4 is 0 Å². The van der Waals surface area contributed by atoms with Crippen LogP contribution < -0.4 is 5.73 Å². The Labute approximate surface area is 122 Å². The molecular weight excluding hydrogens is 246 g/mol. The van der Waals surface area contributed by atoms with Crippen molar-refractivity contribution in [1.82, 2.24) is 9.80 Å². The molecule has 3 unspecified atom stereocenters. The minimum Gasteiger partial charge on any atom is -0.326 e. The van der Waals surface area contributed by atoms with Gasteiger partial charge in [-0.05, 0) is 63.5 Å². The minimum atomic E-state index is 0.277. The first-order chi connectivity index (χ1) is 9.65. The Bertz CT molecular complexity index is 459. The quantitative estimate of drug-likeness (QED) is 0.909. The summed E-state index contributed by atoms with van der Waals surface area (Å²) in [5, 5.41) is 0. The summed E-state index contributed by atoms with van der Waals surface area (Å²) in [6.45, 7) is 3.47. The summed E-state index contributed by atoms with van der Waals surface area (Å²) in [5.41, 5.74) is 9.63. The van der Waals surface area contributed by atoms with Crippen LogP contribution in [-0.2, 0) is 6.42 Å². The molecule has 110 valence electrons. The maximum Gasteiger partial charge on any atom is 0.0371 e. The Kier molecular flexibility index (Phi) is 4.11. The molecule has 0 radical (unpaired) electrons. The molecule has 0 amide bonds. The molecule has 2 N–H and O–H groups in total. The Morgan fingerprint density at radius 2 is 2.05 bits per heavy atom. The lowest BCUT2D eigenvalue weighted by Gasteiger charge is -2.37. The third-order valence-electron chi connectivity index (χ3n) is 5.13. The van der Waals surface area contributed by atoms with E-state index in [0.717, 1.165) is 13.0 Å². The van der Waals surface area contributed by atoms with E-state index in [2.05, 4.69) is 48.2 Å². The van der Waals surface area contributed by atoms with Crippen LogP contribution in [-0.4, -0.2) is 55.6 Å². The molecule has 0 aromatic heterocycles. The fourth-order valence-electron chi connectivity index (χ4n) is 3.83. The standard InChI is InChI=1S/C17H27N3/c1-19-8-5-9-20(2)17(12-19)16(18)11-14-10-13-6-3-4-7-15(13)14/h3-4,6-7,14,16-17H,5,8-12,18H2,1-2H3. The third-order valence-corrected chi connectivity index (χ3v) is 5.13. The number of nitrogens with two attached hydrogens (primary N) is 1. The zero-order chi connectivity index (χ0) is 14.1. The van der Waals surface area contributed by atoms with Crippen LogP contribution in [0.4, 0.5) is 0 Å². The van der Waals surface area contributed by atoms with Gasteiger partial charge < -0.3 is 15.5 Å². The molecular formula is C17H27N3. The van der Waals surface area contributed by atoms with E-state index in [4.69, 9.17) is 5.73 Å². The highest BCUT2D eigenvalue weighted by molar-refractivity contribution is 5.40. The zero-order valence-corrected chi connectivity index (χ0v) is 12.8. The van der Waals surface area contributed by atoms with Gasteiger partial charge in [-0.3, -0.25) is 0 Å². The Morgan fingerprint density at radius 3 is 2.85 bits per heavy atom. The fourth-order valence-corrected chi connectivity index (χ4v) is 3.83. The van der Waals surface area contributed by atoms with Crippen molar-refractivity contribution in [3.05, 3.63) is 35.4 Å². The maximum absolute atomic E-state index is 6.57. The topological polar surface area (TPSA) is 32.5 Å². The van der Waals surface area contributed by atoms with Crippen molar-refractivity contribution in [2.45, 2.75) is 37.3 Å². The molecule has 2 aliphatic rings. The molecule has 1 aromatic rings. The highest BCUT2D eigenvalue weighted by atomic mass is 15.2. The van der Waals surface area contributed by atoms with Crippen LogP contribution in [0.5, 0.6) is 0 Å². The summed E-state index contributed by atoms with van der Waals surface area (Å²) in [7, 11) is 4.45. The van der Waals surface area contributed by atoms with Crippen LogP contribution in [0, 0.1) is 0 Å². The molecule has 3 nitrogen and oxygen atoms in total. The number of fused-ring (bicyclic) bond motifs is 1. The SMILES string of the molecule is CN1CCCN(C)C(C(N)CC2Cc3ccccc32)C1. The largest absolute Gasteiger partial charge is 0.326 e. The number of rotatable bonds is 3. The average Bonchev–Trinajstić information content (AvgIpc) is 2.57. The molecule has 3 heteroatoms. The zero-order valence-electron chi connectivity index (χ0n) is 12.8. The number of hydrogen-bond donors (Lipinski definition) is 1. The van der Waals surface area contributed by atoms with Crippen LogP contribution in [0.3, 0.4) is 0 Å². The monoisotopic (exact) mass is 273 g/mol. The van der Waals surface area contributed by atoms with Gasteiger partial charge in [0, 0.05) is 18.6 Å². The van der Waals surface area contributed by atoms with Crippen LogP contribution in [0.1, 0.15) is 29.9 Å². The maximum atomic E-state index is 6.57. The Balaban J connectivity index is 1.63. The highest BCUT2D eigenvalue weighted by Crippen LogP contribution is 2.38. The molecule has 1 aliphatic carbocycles. The average molecular weight is 273 g/mol. The van der Waals surface area contributed by atoms with Gasteiger partial charge >= 0.3 is 0 Å². The molecule has 3 atom stereocenters. The number of benzene rings is 1. The van der Waals surface area contributed by atoms with E-state index in [1.165, 1.54) is 37.1 Å². The molecule has 1 heterocycles. The van der Waals surface area contributed by atoms with Crippen LogP contribution >= 0.6 is 0 Å². The van der Waals surface area contributed by atoms with Gasteiger partial charge in [0.2, 0.25) is 0 Å². The van der Waals surface area contributed by atoms with Crippen molar-refractivity contribution in [1.29, 1.82) is 0 Å². The molecule has 0 saturated carbocycles. The first-order valence-electron chi connectivity index (χ1n) is 7.87. The van der Waals surface area contributed by atoms with Crippen LogP contribution in [0.15, 0.2) is 24.3 Å². The molecule has 0 bridgehead atoms. The van der Waals surface area contributed by atoms with Gasteiger partial charge in [-0.2, -0.15) is 0 Å². The second-order valence-electron chi connectivity index (χ2n) is 6.66. The molecule has 1 aromatic carbocycles. The van der Waals surface area contributed by atoms with E-state index >= 15 is 0 Å². The molecule has 3 rings (SSSR count). The molecule has 1 saturated heterocycles. The third kappa shape index (κ3) is 2.76. The predicted molar refractivity (Wildman–Crippen MR) is 84.0 cm³/mol. The summed E-state index contributed by atoms with van der Waals surface area (Å²) in [5.74, 6) is 0.683. The first kappa shape index (κ1) is 14.1. The second-order valence-corrected chi connectivity index (χ2v) is 6.66. The van der Waals surface area contributed by atoms with Crippen molar-refractivity contribution in [2.24, 2.45) is 5.73 Å². The molecule has 20 heavy (non-hydrogen) atoms. The van der Waals surface area contributed by atoms with E-state index in [-0.39, 0.29) is 6.04 Å². The number of nitrogens with zero attached hydrogens (tertiary/aromatic N) is 2. The smallest absolute Gasteiger partial charge is 0.0371 e. The molecule has 1 aliphatic heterocycles. The van der Waals surface area contributed by atoms with Crippen molar-refractivity contribution in [3.63, 3.8) is 0 Å². The fraction of sp³-hybridized carbons (Fsp3) is 0.647. The molecule has 1 fully saturated rings. The normalized spacial score (nSPS) is 29.4. The number of hydrogen-bond acceptors (Lipinski definition) is 3. The Morgan fingerprint density at radius 1 is 1.25 bits per heavy atom. The summed E-state index contributed by atoms with van der Waals surface area (Å²) >= 11 is 0. The summed E-state index contributed by atoms with van der Waals surface area (Å²) in [4.78, 5) is 4.90. The van der Waals surface area contributed by atoms with Crippen LogP contribution in [0.25, 0.3) is 0 Å². The van der Waals surface area contributed by atoms with E-state index in [1.54, 1.807) is 0 Å². The van der Waals surface area contributed by atoms with Gasteiger partial charge in [0.15, 0.2) is 0 Å². The molecule has 0 spiro atoms. The van der Waals surface area contributed by atoms with Crippen molar-refractivity contribution in [2.75, 3.05) is 33.7 Å². The van der Waals surface area contributed by atoms with Gasteiger partial charge in [-0.1, -0.05) is 24.3 Å². The van der Waals surface area contributed by atoms with Gasteiger partial charge in [-0.15, -0.1) is 0 Å². The lowest BCUT2D eigenvalue weighted by atomic mass is 9.74. The van der Waals surface area contributed by atoms with Crippen molar-refractivity contribution in [3.8, 4) is 0 Å². The number of likely N-dealkylation sites (N-methyl/N-ethyl adjacent to an activating group) is 2. The van der Waals surface area contributed by atoms with E-state index in [9.17, 15) is 0 Å². The van der Waals surface area contributed by atoms with Crippen LogP contribution in [0.2, 0.25) is 0 Å². The predicted octanol–water partition coefficient (Wildman–Crippen LogP) is 1.68. The van der Waals surface area contributed by atoms with Gasteiger partial charge in [0.1, 0.15) is 0 Å². The second kappa shape index (κ2) is 5.84. The summed E-state index contributed by atoms with van der Waals surface area (Å²) < 4.78 is 0. The van der Waals surface area contributed by atoms with Gasteiger partial charge in [-0.25, -0.2) is 0 Å². The van der Waals surface area contributed by atoms with Crippen molar-refractivity contribution < 1.29 is 0 Å². The highest BCUT2D eigenvalue weighted by Gasteiger charge is 2.32. The van der Waals surface area contributed by atoms with Gasteiger partial charge in [0.05, 0.1) is 0 Å². The van der Waals surface area contributed by atoms with E-state index in [1.807, 2.05) is 0 Å². The summed E-state index contributed by atoms with van der Waals surface area (Å²) in [6.07, 6.45) is 3.60. The minimum absolute atomic E-state index is 0.277.